The third-order valence-electron chi connectivity index (χ3n) is 10.1. The molecule has 314 valence electrons. The lowest BCUT2D eigenvalue weighted by Crippen LogP contribution is -2.71. The quantitative estimate of drug-likeness (QED) is 0.0523. The highest BCUT2D eigenvalue weighted by Crippen LogP contribution is 2.29. The van der Waals surface area contributed by atoms with E-state index in [0.717, 1.165) is 24.2 Å². The number of hydrogen-bond acceptors (Lipinski definition) is 10. The number of carbonyl (C=O) groups is 5. The van der Waals surface area contributed by atoms with Crippen molar-refractivity contribution in [2.75, 3.05) is 13.2 Å². The van der Waals surface area contributed by atoms with Gasteiger partial charge in [0.1, 0.15) is 30.4 Å². The first-order chi connectivity index (χ1) is 25.7. The minimum atomic E-state index is -1.54. The largest absolute Gasteiger partial charge is 0.479 e. The Balaban J connectivity index is 2.59. The predicted molar refractivity (Wildman–Crippen MR) is 206 cm³/mol. The zero-order valence-corrected chi connectivity index (χ0v) is 33.6. The molecular weight excluding hydrogens is 698 g/mol. The van der Waals surface area contributed by atoms with Crippen molar-refractivity contribution in [1.29, 1.82) is 0 Å². The van der Waals surface area contributed by atoms with E-state index in [2.05, 4.69) is 17.6 Å². The molecule has 1 fully saturated rings. The Morgan fingerprint density at radius 1 is 0.852 bits per heavy atom. The molecule has 0 aliphatic carbocycles. The number of amides is 4. The van der Waals surface area contributed by atoms with Gasteiger partial charge in [-0.3, -0.25) is 19.2 Å². The highest BCUT2D eigenvalue weighted by Gasteiger charge is 2.50. The molecule has 0 radical (unpaired) electrons. The van der Waals surface area contributed by atoms with Gasteiger partial charge in [-0.15, -0.1) is 0 Å². The van der Waals surface area contributed by atoms with Gasteiger partial charge in [0.25, 0.3) is 0 Å². The first-order valence-corrected chi connectivity index (χ1v) is 20.4. The number of aliphatic carboxylic acids is 1. The molecule has 8 atom stereocenters. The molecule has 0 aromatic heterocycles. The number of carboxylic acids is 1. The van der Waals surface area contributed by atoms with Crippen molar-refractivity contribution < 1.29 is 48.8 Å². The molecule has 0 spiro atoms. The Hall–Kier alpha value is -2.85. The normalized spacial score (nSPS) is 21.6. The summed E-state index contributed by atoms with van der Waals surface area (Å²) in [6, 6.07) is -3.85. The summed E-state index contributed by atoms with van der Waals surface area (Å²) in [4.78, 5) is 64.3. The van der Waals surface area contributed by atoms with E-state index in [1.807, 2.05) is 0 Å². The van der Waals surface area contributed by atoms with Gasteiger partial charge < -0.3 is 51.8 Å². The van der Waals surface area contributed by atoms with Gasteiger partial charge in [-0.2, -0.15) is 0 Å². The fourth-order valence-corrected chi connectivity index (χ4v) is 6.91. The number of primary amides is 1. The van der Waals surface area contributed by atoms with E-state index < -0.39 is 85.0 Å². The van der Waals surface area contributed by atoms with Crippen molar-refractivity contribution in [3.05, 3.63) is 0 Å². The van der Waals surface area contributed by atoms with Crippen LogP contribution in [0.3, 0.4) is 0 Å². The molecule has 4 amide bonds. The molecule has 1 aliphatic heterocycles. The third-order valence-corrected chi connectivity index (χ3v) is 10.1. The summed E-state index contributed by atoms with van der Waals surface area (Å²) in [6.45, 7) is 7.74. The SMILES string of the molecule is CCCCCCCCCCCCCCCCCCNC(=O)CC[C@@H](NC(=O)[C@H](C(C)C)N(C(C)=O)C1O[C@H](CO)[C@@H](O)[C@H](O[C@H](C)C(=O)O)[C@H]1N)C(N)=O. The molecule has 0 saturated carbocycles. The Labute approximate surface area is 323 Å². The summed E-state index contributed by atoms with van der Waals surface area (Å²) in [5, 5.41) is 35.4. The molecular formula is C39H73N5O10. The fourth-order valence-electron chi connectivity index (χ4n) is 6.91. The highest BCUT2D eigenvalue weighted by molar-refractivity contribution is 5.92. The first-order valence-electron chi connectivity index (χ1n) is 20.4. The van der Waals surface area contributed by atoms with Crippen molar-refractivity contribution in [2.45, 2.75) is 199 Å². The summed E-state index contributed by atoms with van der Waals surface area (Å²) in [7, 11) is 0. The maximum atomic E-state index is 13.7. The maximum absolute atomic E-state index is 13.7. The van der Waals surface area contributed by atoms with Crippen LogP contribution in [0.1, 0.15) is 150 Å². The van der Waals surface area contributed by atoms with Crippen LogP contribution in [0.15, 0.2) is 0 Å². The minimum Gasteiger partial charge on any atom is -0.479 e. The number of rotatable bonds is 30. The predicted octanol–water partition coefficient (Wildman–Crippen LogP) is 3.25. The minimum absolute atomic E-state index is 0.0665. The Morgan fingerprint density at radius 2 is 1.35 bits per heavy atom. The van der Waals surface area contributed by atoms with Crippen molar-refractivity contribution in [3.8, 4) is 0 Å². The number of aliphatic hydroxyl groups excluding tert-OH is 2. The van der Waals surface area contributed by atoms with Crippen LogP contribution in [0.25, 0.3) is 0 Å². The second-order valence-corrected chi connectivity index (χ2v) is 15.2. The Kier molecular flexibility index (Phi) is 25.2. The van der Waals surface area contributed by atoms with Gasteiger partial charge in [0.2, 0.25) is 23.6 Å². The molecule has 15 nitrogen and oxygen atoms in total. The smallest absolute Gasteiger partial charge is 0.332 e. The standard InChI is InChI=1S/C39H73N5O10/c1-6-7-8-9-10-11-12-13-14-15-16-17-18-19-20-21-24-42-31(47)23-22-29(36(41)49)43-37(50)33(26(2)3)44(28(5)46)38-32(40)35(53-27(4)39(51)52)34(48)30(25-45)54-38/h26-27,29-30,32-35,38,45,48H,6-25,40H2,1-5H3,(H2,41,49)(H,42,47)(H,43,50)(H,51,52)/t27-,29-,30-,32-,33+,34-,35-,38?/m1/s1. The number of carboxylic acid groups (broad SMARTS) is 1. The number of ether oxygens (including phenoxy) is 2. The van der Waals surface area contributed by atoms with E-state index >= 15 is 0 Å². The molecule has 1 unspecified atom stereocenters. The lowest BCUT2D eigenvalue weighted by Gasteiger charge is -2.49. The summed E-state index contributed by atoms with van der Waals surface area (Å²) in [5.74, 6) is -4.47. The van der Waals surface area contributed by atoms with Crippen LogP contribution < -0.4 is 22.1 Å². The van der Waals surface area contributed by atoms with E-state index in [1.165, 1.54) is 97.3 Å². The van der Waals surface area contributed by atoms with E-state index in [-0.39, 0.29) is 18.7 Å². The molecule has 54 heavy (non-hydrogen) atoms. The van der Waals surface area contributed by atoms with Crippen LogP contribution in [-0.4, -0.2) is 112 Å². The topological polar surface area (TPSA) is 244 Å². The fraction of sp³-hybridized carbons (Fsp3) is 0.872. The van der Waals surface area contributed by atoms with Gasteiger partial charge in [-0.25, -0.2) is 4.79 Å². The number of hydrogen-bond donors (Lipinski definition) is 7. The van der Waals surface area contributed by atoms with Gasteiger partial charge in [-0.1, -0.05) is 117 Å². The zero-order valence-electron chi connectivity index (χ0n) is 33.6. The van der Waals surface area contributed by atoms with Gasteiger partial charge in [0.05, 0.1) is 12.6 Å². The third kappa shape index (κ3) is 18.2. The number of nitrogens with one attached hydrogen (secondary N) is 2. The van der Waals surface area contributed by atoms with Gasteiger partial charge in [0, 0.05) is 19.9 Å². The second kappa shape index (κ2) is 27.7. The summed E-state index contributed by atoms with van der Waals surface area (Å²) < 4.78 is 11.3. The molecule has 1 heterocycles. The van der Waals surface area contributed by atoms with E-state index in [1.54, 1.807) is 13.8 Å². The monoisotopic (exact) mass is 772 g/mol. The number of aliphatic hydroxyl groups is 2. The number of nitrogens with zero attached hydrogens (tertiary/aromatic N) is 1. The van der Waals surface area contributed by atoms with Gasteiger partial charge >= 0.3 is 5.97 Å². The lowest BCUT2D eigenvalue weighted by molar-refractivity contribution is -0.247. The maximum Gasteiger partial charge on any atom is 0.332 e. The van der Waals surface area contributed by atoms with Gasteiger partial charge in [-0.05, 0) is 25.7 Å². The van der Waals surface area contributed by atoms with Gasteiger partial charge in [0.15, 0.2) is 12.3 Å². The van der Waals surface area contributed by atoms with Crippen LogP contribution in [0.4, 0.5) is 0 Å². The van der Waals surface area contributed by atoms with Crippen molar-refractivity contribution >= 4 is 29.6 Å². The molecule has 1 rings (SSSR count). The molecule has 0 aromatic rings. The molecule has 1 aliphatic rings. The number of unbranched alkanes of at least 4 members (excludes halogenated alkanes) is 15. The average Bonchev–Trinajstić information content (AvgIpc) is 3.11. The lowest BCUT2D eigenvalue weighted by atomic mass is 9.92. The Morgan fingerprint density at radius 3 is 1.78 bits per heavy atom. The zero-order chi connectivity index (χ0) is 40.6. The molecule has 9 N–H and O–H groups in total. The van der Waals surface area contributed by atoms with Crippen LogP contribution in [-0.2, 0) is 33.4 Å². The van der Waals surface area contributed by atoms with Crippen LogP contribution >= 0.6 is 0 Å². The van der Waals surface area contributed by atoms with E-state index in [9.17, 15) is 39.3 Å². The van der Waals surface area contributed by atoms with Crippen molar-refractivity contribution in [2.24, 2.45) is 17.4 Å². The molecule has 0 bridgehead atoms. The highest BCUT2D eigenvalue weighted by atomic mass is 16.6. The molecule has 15 heteroatoms. The number of nitrogens with two attached hydrogens (primary N) is 2. The van der Waals surface area contributed by atoms with Crippen molar-refractivity contribution in [1.82, 2.24) is 15.5 Å². The van der Waals surface area contributed by atoms with Crippen LogP contribution in [0, 0.1) is 5.92 Å². The Bertz CT molecular complexity index is 1110. The van der Waals surface area contributed by atoms with E-state index in [4.69, 9.17) is 20.9 Å². The summed E-state index contributed by atoms with van der Waals surface area (Å²) in [5.41, 5.74) is 12.0. The number of carbonyl (C=O) groups excluding carboxylic acids is 4. The van der Waals surface area contributed by atoms with Crippen molar-refractivity contribution in [3.63, 3.8) is 0 Å². The van der Waals surface area contributed by atoms with E-state index in [0.29, 0.717) is 6.54 Å². The average molecular weight is 772 g/mol. The van der Waals surface area contributed by atoms with Crippen LogP contribution in [0.2, 0.25) is 0 Å². The summed E-state index contributed by atoms with van der Waals surface area (Å²) >= 11 is 0. The molecule has 1 saturated heterocycles. The first kappa shape index (κ1) is 49.2. The van der Waals surface area contributed by atoms with Crippen LogP contribution in [0.5, 0.6) is 0 Å². The molecule has 0 aromatic carbocycles. The second-order valence-electron chi connectivity index (χ2n) is 15.2. The summed E-state index contributed by atoms with van der Waals surface area (Å²) in [6.07, 6.45) is 12.9.